The largest absolute Gasteiger partial charge is 0.373 e. The molecule has 0 unspecified atom stereocenters. The first-order valence-corrected chi connectivity index (χ1v) is 9.12. The van der Waals surface area contributed by atoms with Gasteiger partial charge in [0.15, 0.2) is 0 Å². The molecule has 7 nitrogen and oxygen atoms in total. The number of aromatic amines is 1. The van der Waals surface area contributed by atoms with Gasteiger partial charge in [0, 0.05) is 67.4 Å². The van der Waals surface area contributed by atoms with Gasteiger partial charge in [-0.05, 0) is 25.5 Å². The Bertz CT molecular complexity index is 827. The van der Waals surface area contributed by atoms with E-state index in [9.17, 15) is 0 Å². The fourth-order valence-electron chi connectivity index (χ4n) is 3.51. The number of nitrogens with one attached hydrogen (secondary N) is 2. The molecule has 136 valence electrons. The molecular formula is C19H24N6O. The lowest BCUT2D eigenvalue weighted by atomic mass is 9.97. The Morgan fingerprint density at radius 1 is 1.35 bits per heavy atom. The van der Waals surface area contributed by atoms with Crippen LogP contribution in [0.15, 0.2) is 43.1 Å². The van der Waals surface area contributed by atoms with Crippen LogP contribution in [-0.2, 0) is 17.8 Å². The van der Waals surface area contributed by atoms with Gasteiger partial charge in [-0.15, -0.1) is 0 Å². The third-order valence-electron chi connectivity index (χ3n) is 4.91. The van der Waals surface area contributed by atoms with Gasteiger partial charge in [0.2, 0.25) is 0 Å². The van der Waals surface area contributed by atoms with Gasteiger partial charge < -0.3 is 10.1 Å². The van der Waals surface area contributed by atoms with E-state index in [1.165, 1.54) is 5.56 Å². The monoisotopic (exact) mass is 352 g/mol. The van der Waals surface area contributed by atoms with Gasteiger partial charge in [0.25, 0.3) is 0 Å². The summed E-state index contributed by atoms with van der Waals surface area (Å²) >= 11 is 0. The number of hydrogen-bond donors (Lipinski definition) is 2. The van der Waals surface area contributed by atoms with Crippen molar-refractivity contribution in [3.05, 3.63) is 54.2 Å². The maximum Gasteiger partial charge on any atom is 0.0896 e. The van der Waals surface area contributed by atoms with Crippen LogP contribution < -0.4 is 5.32 Å². The maximum atomic E-state index is 5.97. The summed E-state index contributed by atoms with van der Waals surface area (Å²) in [6, 6.07) is 3.97. The fourth-order valence-corrected chi connectivity index (χ4v) is 3.51. The highest BCUT2D eigenvalue weighted by molar-refractivity contribution is 5.61. The molecule has 1 fully saturated rings. The Morgan fingerprint density at radius 3 is 3.12 bits per heavy atom. The fraction of sp³-hybridized carbons (Fsp3) is 0.421. The van der Waals surface area contributed by atoms with Crippen LogP contribution in [-0.4, -0.2) is 38.1 Å². The minimum absolute atomic E-state index is 0.130. The third kappa shape index (κ3) is 3.54. The molecule has 3 aromatic rings. The van der Waals surface area contributed by atoms with E-state index >= 15 is 0 Å². The van der Waals surface area contributed by atoms with Crippen LogP contribution in [0.25, 0.3) is 11.3 Å². The molecule has 0 amide bonds. The second kappa shape index (κ2) is 7.80. The predicted molar refractivity (Wildman–Crippen MR) is 98.2 cm³/mol. The molecule has 1 aliphatic rings. The average molecular weight is 352 g/mol. The van der Waals surface area contributed by atoms with Crippen molar-refractivity contribution in [1.82, 2.24) is 30.3 Å². The molecule has 26 heavy (non-hydrogen) atoms. The summed E-state index contributed by atoms with van der Waals surface area (Å²) in [6.45, 7) is 5.45. The van der Waals surface area contributed by atoms with Crippen LogP contribution in [0.2, 0.25) is 0 Å². The number of pyridine rings is 1. The molecule has 0 radical (unpaired) electrons. The summed E-state index contributed by atoms with van der Waals surface area (Å²) in [7, 11) is 0. The van der Waals surface area contributed by atoms with E-state index in [1.807, 2.05) is 35.4 Å². The summed E-state index contributed by atoms with van der Waals surface area (Å²) < 4.78 is 7.92. The molecular weight excluding hydrogens is 328 g/mol. The van der Waals surface area contributed by atoms with E-state index in [0.717, 1.165) is 49.5 Å². The number of aryl methyl sites for hydroxylation is 1. The van der Waals surface area contributed by atoms with E-state index in [1.54, 1.807) is 6.20 Å². The van der Waals surface area contributed by atoms with Crippen LogP contribution in [0.1, 0.15) is 30.6 Å². The first kappa shape index (κ1) is 16.9. The standard InChI is InChI=1S/C19H24N6O/c1-2-25-13-17(12-23-25)19-15(5-7-26-19)9-21-10-16-11-22-24-18(16)14-4-3-6-20-8-14/h3-4,6,8,11-13,15,19,21H,2,5,7,9-10H2,1H3,(H,22,24)/t15-,19+/m1/s1. The van der Waals surface area contributed by atoms with Crippen molar-refractivity contribution < 1.29 is 4.74 Å². The van der Waals surface area contributed by atoms with E-state index in [4.69, 9.17) is 4.74 Å². The topological polar surface area (TPSA) is 80.6 Å². The SMILES string of the molecule is CCn1cc([C@H]2OCC[C@@H]2CNCc2cn[nH]c2-c2cccnc2)cn1. The highest BCUT2D eigenvalue weighted by Gasteiger charge is 2.30. The van der Waals surface area contributed by atoms with Crippen molar-refractivity contribution in [1.29, 1.82) is 0 Å². The Hall–Kier alpha value is -2.51. The minimum Gasteiger partial charge on any atom is -0.373 e. The zero-order chi connectivity index (χ0) is 17.8. The van der Waals surface area contributed by atoms with Crippen molar-refractivity contribution >= 4 is 0 Å². The summed E-state index contributed by atoms with van der Waals surface area (Å²) in [5.74, 6) is 0.457. The lowest BCUT2D eigenvalue weighted by Gasteiger charge is -2.18. The highest BCUT2D eigenvalue weighted by atomic mass is 16.5. The van der Waals surface area contributed by atoms with Crippen LogP contribution in [0.4, 0.5) is 0 Å². The number of rotatable bonds is 7. The Labute approximate surface area is 152 Å². The van der Waals surface area contributed by atoms with Gasteiger partial charge in [-0.2, -0.15) is 10.2 Å². The quantitative estimate of drug-likeness (QED) is 0.683. The maximum absolute atomic E-state index is 5.97. The van der Waals surface area contributed by atoms with Gasteiger partial charge >= 0.3 is 0 Å². The molecule has 0 spiro atoms. The van der Waals surface area contributed by atoms with E-state index in [2.05, 4.69) is 38.7 Å². The van der Waals surface area contributed by atoms with Gasteiger partial charge in [0.05, 0.1) is 24.2 Å². The molecule has 2 N–H and O–H groups in total. The molecule has 3 aromatic heterocycles. The number of hydrogen-bond acceptors (Lipinski definition) is 5. The van der Waals surface area contributed by atoms with Crippen molar-refractivity contribution in [3.63, 3.8) is 0 Å². The lowest BCUT2D eigenvalue weighted by Crippen LogP contribution is -2.24. The Balaban J connectivity index is 1.37. The summed E-state index contributed by atoms with van der Waals surface area (Å²) in [5, 5.41) is 15.2. The van der Waals surface area contributed by atoms with Crippen LogP contribution in [0, 0.1) is 5.92 Å². The number of aromatic nitrogens is 5. The molecule has 7 heteroatoms. The van der Waals surface area contributed by atoms with Gasteiger partial charge in [0.1, 0.15) is 0 Å². The molecule has 0 aliphatic carbocycles. The highest BCUT2D eigenvalue weighted by Crippen LogP contribution is 2.34. The Morgan fingerprint density at radius 2 is 2.31 bits per heavy atom. The first-order chi connectivity index (χ1) is 12.8. The summed E-state index contributed by atoms with van der Waals surface area (Å²) in [4.78, 5) is 4.18. The van der Waals surface area contributed by atoms with Crippen LogP contribution in [0.5, 0.6) is 0 Å². The smallest absolute Gasteiger partial charge is 0.0896 e. The van der Waals surface area contributed by atoms with E-state index in [0.29, 0.717) is 5.92 Å². The second-order valence-corrected chi connectivity index (χ2v) is 6.61. The number of ether oxygens (including phenoxy) is 1. The zero-order valence-corrected chi connectivity index (χ0v) is 14.9. The molecule has 4 heterocycles. The zero-order valence-electron chi connectivity index (χ0n) is 14.9. The number of nitrogens with zero attached hydrogens (tertiary/aromatic N) is 4. The number of H-pyrrole nitrogens is 1. The molecule has 0 saturated carbocycles. The Kier molecular flexibility index (Phi) is 5.08. The molecule has 0 aromatic carbocycles. The van der Waals surface area contributed by atoms with Crippen LogP contribution >= 0.6 is 0 Å². The van der Waals surface area contributed by atoms with Crippen LogP contribution in [0.3, 0.4) is 0 Å². The molecule has 4 rings (SSSR count). The average Bonchev–Trinajstić information content (AvgIpc) is 3.42. The van der Waals surface area contributed by atoms with Gasteiger partial charge in [-0.3, -0.25) is 14.8 Å². The van der Waals surface area contributed by atoms with Crippen molar-refractivity contribution in [2.75, 3.05) is 13.2 Å². The molecule has 1 saturated heterocycles. The van der Waals surface area contributed by atoms with Crippen molar-refractivity contribution in [3.8, 4) is 11.3 Å². The summed E-state index contributed by atoms with van der Waals surface area (Å²) in [5.41, 5.74) is 4.40. The molecule has 0 bridgehead atoms. The second-order valence-electron chi connectivity index (χ2n) is 6.61. The predicted octanol–water partition coefficient (Wildman–Crippen LogP) is 2.56. The lowest BCUT2D eigenvalue weighted by molar-refractivity contribution is 0.0904. The molecule has 1 aliphatic heterocycles. The van der Waals surface area contributed by atoms with Gasteiger partial charge in [-0.1, -0.05) is 0 Å². The third-order valence-corrected chi connectivity index (χ3v) is 4.91. The van der Waals surface area contributed by atoms with E-state index < -0.39 is 0 Å². The minimum atomic E-state index is 0.130. The normalized spacial score (nSPS) is 19.9. The molecule has 2 atom stereocenters. The first-order valence-electron chi connectivity index (χ1n) is 9.12. The van der Waals surface area contributed by atoms with E-state index in [-0.39, 0.29) is 6.10 Å². The van der Waals surface area contributed by atoms with Gasteiger partial charge in [-0.25, -0.2) is 0 Å². The van der Waals surface area contributed by atoms with Crippen molar-refractivity contribution in [2.45, 2.75) is 32.5 Å². The van der Waals surface area contributed by atoms with Crippen molar-refractivity contribution in [2.24, 2.45) is 5.92 Å². The summed E-state index contributed by atoms with van der Waals surface area (Å²) in [6.07, 6.45) is 10.7.